The average Bonchev–Trinajstić information content (AvgIpc) is 1.64. The average molecular weight is 1310 g/mol. The number of aromatic amines is 4. The number of carbonyl (C=O) groups excluding carboxylic acids is 1. The van der Waals surface area contributed by atoms with E-state index in [0.717, 1.165) is 111 Å². The standard InChI is InChI=1S/C19H15N9OS.C18H24N6O2SSi.C13H20ClN3OSi.C8H7N3O2/c1-27-16-12(17-18(27)24-15(30-17)6-10-2-5-21-25-10)8-23-28(19(16)29)9-14-11-7-22-26-13(11)3-4-20-14;1-23-15-13(10-19-21-18(15)25)16-17(23)20-14(27-16)9-12-5-6-24(22-12)11-26-7-8-28(2,3)4;1-19(2,3)7-6-18-10-17-13-4-5-15-12(8-14)11(13)9-16-17;1-13-8(12)7-5-4-10-11-6(5)2-3-9-7/h2-5,7-8H,6,9H2,1H3,(H,21,25)(H,22,26);5-6,10H,7-9,11H2,1-4H3,(H,21,25);4-5,9H,6-8,10H2,1-3H3;2-4H,1H3,(H,10,11). The van der Waals surface area contributed by atoms with Crippen molar-refractivity contribution in [2.45, 2.75) is 90.1 Å². The smallest absolute Gasteiger partial charge is 0.357 e. The predicted octanol–water partition coefficient (Wildman–Crippen LogP) is 9.18. The van der Waals surface area contributed by atoms with Crippen LogP contribution in [0.3, 0.4) is 0 Å². The number of esters is 1. The molecule has 0 spiro atoms. The highest BCUT2D eigenvalue weighted by molar-refractivity contribution is 7.20. The number of thiazole rings is 2. The summed E-state index contributed by atoms with van der Waals surface area (Å²) in [4.78, 5) is 58.5. The third-order valence-corrected chi connectivity index (χ3v) is 20.4. The maximum atomic E-state index is 13.2. The lowest BCUT2D eigenvalue weighted by Gasteiger charge is -2.15. The lowest BCUT2D eigenvalue weighted by molar-refractivity contribution is 0.0596. The SMILES string of the molecule is COC(=O)c1nccc2[nH]ncc12.C[Si](C)(C)CCOCn1ncc2c(CCl)nccc21.Cn1c2nc(Cc3ccn(COCC[Si](C)(C)C)n3)sc2c2cn[nH]c(=O)c21.Cn1c2nc(Cc3ccn[nH]3)sc2c2cnn(Cc3nccc4[nH]ncc34)c(=O)c21. The monoisotopic (exact) mass is 1310 g/mol. The molecule has 32 heteroatoms. The fourth-order valence-electron chi connectivity index (χ4n) is 9.78. The summed E-state index contributed by atoms with van der Waals surface area (Å²) in [6, 6.07) is 11.8. The molecule has 0 saturated carbocycles. The molecule has 0 fully saturated rings. The van der Waals surface area contributed by atoms with Gasteiger partial charge in [-0.3, -0.25) is 34.9 Å². The number of hydrogen-bond donors (Lipinski definition) is 4. The highest BCUT2D eigenvalue weighted by Crippen LogP contribution is 2.33. The van der Waals surface area contributed by atoms with Gasteiger partial charge in [0.2, 0.25) is 0 Å². The van der Waals surface area contributed by atoms with Crippen LogP contribution in [0.2, 0.25) is 51.4 Å². The first-order valence-electron chi connectivity index (χ1n) is 28.6. The van der Waals surface area contributed by atoms with E-state index in [9.17, 15) is 14.4 Å². The number of halogens is 1. The highest BCUT2D eigenvalue weighted by Gasteiger charge is 2.22. The molecule has 0 saturated heterocycles. The molecule has 0 atom stereocenters. The predicted molar refractivity (Wildman–Crippen MR) is 353 cm³/mol. The van der Waals surface area contributed by atoms with Gasteiger partial charge in [0.25, 0.3) is 11.1 Å². The molecule has 4 N–H and O–H groups in total. The van der Waals surface area contributed by atoms with Crippen molar-refractivity contribution in [1.29, 1.82) is 0 Å². The molecule has 0 radical (unpaired) electrons. The van der Waals surface area contributed by atoms with Gasteiger partial charge in [-0.05, 0) is 42.4 Å². The van der Waals surface area contributed by atoms with Crippen molar-refractivity contribution in [2.24, 2.45) is 14.1 Å². The molecule has 0 unspecified atom stereocenters. The summed E-state index contributed by atoms with van der Waals surface area (Å²) in [5, 5.41) is 46.4. The molecule has 0 aliphatic rings. The number of fused-ring (bicyclic) bond motifs is 9. The molecule has 0 aromatic carbocycles. The summed E-state index contributed by atoms with van der Waals surface area (Å²) in [6.45, 7) is 16.9. The molecule has 27 nitrogen and oxygen atoms in total. The van der Waals surface area contributed by atoms with E-state index >= 15 is 0 Å². The number of hydrogen-bond acceptors (Lipinski definition) is 20. The largest absolute Gasteiger partial charge is 0.464 e. The topological polar surface area (TPSA) is 321 Å². The Balaban J connectivity index is 0.000000129. The van der Waals surface area contributed by atoms with E-state index in [1.807, 2.05) is 69.3 Å². The van der Waals surface area contributed by atoms with Crippen LogP contribution in [0.15, 0.2) is 102 Å². The van der Waals surface area contributed by atoms with Crippen molar-refractivity contribution in [2.75, 3.05) is 20.3 Å². The van der Waals surface area contributed by atoms with E-state index in [2.05, 4.69) is 115 Å². The van der Waals surface area contributed by atoms with Crippen LogP contribution >= 0.6 is 34.3 Å². The summed E-state index contributed by atoms with van der Waals surface area (Å²) in [5.41, 5.74) is 8.95. The molecule has 14 rings (SSSR count). The van der Waals surface area contributed by atoms with E-state index in [1.54, 1.807) is 72.1 Å². The molecule has 14 aromatic heterocycles. The van der Waals surface area contributed by atoms with Crippen molar-refractivity contribution in [3.63, 3.8) is 0 Å². The molecule has 466 valence electrons. The van der Waals surface area contributed by atoms with Gasteiger partial charge in [-0.15, -0.1) is 34.3 Å². The number of aromatic nitrogens is 21. The van der Waals surface area contributed by atoms with E-state index in [1.165, 1.54) is 24.0 Å². The summed E-state index contributed by atoms with van der Waals surface area (Å²) < 4.78 is 26.8. The first kappa shape index (κ1) is 62.6. The number of nitrogens with one attached hydrogen (secondary N) is 4. The zero-order chi connectivity index (χ0) is 63.3. The van der Waals surface area contributed by atoms with Gasteiger partial charge in [0.1, 0.15) is 34.5 Å². The second-order valence-corrected chi connectivity index (χ2v) is 37.2. The van der Waals surface area contributed by atoms with E-state index in [-0.39, 0.29) is 23.4 Å². The van der Waals surface area contributed by atoms with Gasteiger partial charge in [-0.2, -0.15) is 35.7 Å². The van der Waals surface area contributed by atoms with Gasteiger partial charge in [0.05, 0.1) is 98.9 Å². The Morgan fingerprint density at radius 2 is 1.22 bits per heavy atom. The minimum atomic E-state index is -1.07. The third kappa shape index (κ3) is 14.0. The van der Waals surface area contributed by atoms with Gasteiger partial charge in [0.15, 0.2) is 17.0 Å². The summed E-state index contributed by atoms with van der Waals surface area (Å²) in [7, 11) is 2.95. The number of ether oxygens (including phenoxy) is 3. The first-order valence-corrected chi connectivity index (χ1v) is 38.2. The Hall–Kier alpha value is -8.99. The summed E-state index contributed by atoms with van der Waals surface area (Å²) in [6.07, 6.45) is 18.5. The van der Waals surface area contributed by atoms with Crippen molar-refractivity contribution >= 4 is 132 Å². The summed E-state index contributed by atoms with van der Waals surface area (Å²) in [5.74, 6) is -0.0496. The van der Waals surface area contributed by atoms with Gasteiger partial charge in [-0.1, -0.05) is 39.3 Å². The Bertz CT molecular complexity index is 4930. The number of rotatable bonds is 18. The molecular formula is C58H66ClN21O6S2Si2. The van der Waals surface area contributed by atoms with Crippen LogP contribution in [0, 0.1) is 0 Å². The van der Waals surface area contributed by atoms with Crippen LogP contribution in [0.25, 0.3) is 75.2 Å². The van der Waals surface area contributed by atoms with Crippen molar-refractivity contribution in [3.05, 3.63) is 151 Å². The molecule has 0 bridgehead atoms. The second kappa shape index (κ2) is 27.0. The van der Waals surface area contributed by atoms with Gasteiger partial charge in [-0.25, -0.2) is 38.9 Å². The molecule has 14 aromatic rings. The number of aryl methyl sites for hydroxylation is 2. The fraction of sp³-hybridized carbons (Fsp3) is 0.328. The molecular weight excluding hydrogens is 1240 g/mol. The third-order valence-electron chi connectivity index (χ3n) is 14.6. The van der Waals surface area contributed by atoms with E-state index in [4.69, 9.17) is 31.0 Å². The molecule has 90 heavy (non-hydrogen) atoms. The molecule has 14 heterocycles. The van der Waals surface area contributed by atoms with Crippen molar-refractivity contribution in [3.8, 4) is 0 Å². The van der Waals surface area contributed by atoms with Crippen LogP contribution in [0.1, 0.15) is 43.3 Å². The summed E-state index contributed by atoms with van der Waals surface area (Å²) >= 11 is 9.02. The van der Waals surface area contributed by atoms with Gasteiger partial charge in [0, 0.05) is 115 Å². The quantitative estimate of drug-likeness (QED) is 0.0269. The Labute approximate surface area is 527 Å². The van der Waals surface area contributed by atoms with Crippen LogP contribution in [-0.2, 0) is 67.0 Å². The zero-order valence-corrected chi connectivity index (χ0v) is 55.4. The lowest BCUT2D eigenvalue weighted by Crippen LogP contribution is -2.25. The fourth-order valence-corrected chi connectivity index (χ4v) is 13.8. The number of nitrogens with zero attached hydrogens (tertiary/aromatic N) is 17. The number of pyridine rings is 3. The Kier molecular flexibility index (Phi) is 18.8. The number of H-pyrrole nitrogens is 4. The maximum Gasteiger partial charge on any atom is 0.357 e. The number of alkyl halides is 1. The lowest BCUT2D eigenvalue weighted by atomic mass is 10.2. The molecule has 0 aliphatic carbocycles. The Morgan fingerprint density at radius 1 is 0.622 bits per heavy atom. The minimum absolute atomic E-state index is 0.169. The molecule has 0 aliphatic heterocycles. The van der Waals surface area contributed by atoms with Crippen LogP contribution in [0.4, 0.5) is 0 Å². The second-order valence-electron chi connectivity index (χ2n) is 23.5. The molecule has 0 amide bonds. The Morgan fingerprint density at radius 3 is 1.91 bits per heavy atom. The van der Waals surface area contributed by atoms with Crippen molar-refractivity contribution < 1.29 is 19.0 Å². The van der Waals surface area contributed by atoms with Gasteiger partial charge >= 0.3 is 5.97 Å². The van der Waals surface area contributed by atoms with Crippen LogP contribution < -0.4 is 11.1 Å². The number of carbonyl (C=O) groups is 1. The minimum Gasteiger partial charge on any atom is -0.464 e. The van der Waals surface area contributed by atoms with E-state index in [0.29, 0.717) is 48.6 Å². The first-order chi connectivity index (χ1) is 43.3. The maximum absolute atomic E-state index is 13.2. The van der Waals surface area contributed by atoms with Crippen LogP contribution in [-0.4, -0.2) is 147 Å². The van der Waals surface area contributed by atoms with Crippen molar-refractivity contribution in [1.82, 2.24) is 104 Å². The normalized spacial score (nSPS) is 11.9. The number of methoxy groups -OCH3 is 1. The van der Waals surface area contributed by atoms with Crippen LogP contribution in [0.5, 0.6) is 0 Å². The van der Waals surface area contributed by atoms with Gasteiger partial charge < -0.3 is 23.3 Å². The zero-order valence-electron chi connectivity index (χ0n) is 51.0. The van der Waals surface area contributed by atoms with E-state index < -0.39 is 22.1 Å². The highest BCUT2D eigenvalue weighted by atomic mass is 35.5.